The van der Waals surface area contributed by atoms with Gasteiger partial charge in [0, 0.05) is 25.2 Å². The minimum Gasteiger partial charge on any atom is -0.481 e. The Hall–Kier alpha value is -1.93. The van der Waals surface area contributed by atoms with E-state index in [1.807, 2.05) is 0 Å². The van der Waals surface area contributed by atoms with Crippen LogP contribution in [0, 0.1) is 5.41 Å². The van der Waals surface area contributed by atoms with Crippen molar-refractivity contribution in [3.8, 4) is 0 Å². The van der Waals surface area contributed by atoms with Crippen LogP contribution in [-0.4, -0.2) is 49.3 Å². The van der Waals surface area contributed by atoms with E-state index in [1.54, 1.807) is 13.8 Å². The molecular formula is C19H28N2O5S. The van der Waals surface area contributed by atoms with Crippen LogP contribution >= 0.6 is 0 Å². The smallest absolute Gasteiger partial charge is 0.311 e. The van der Waals surface area contributed by atoms with Crippen LogP contribution in [0.1, 0.15) is 56.3 Å². The van der Waals surface area contributed by atoms with Gasteiger partial charge in [0.15, 0.2) is 0 Å². The third kappa shape index (κ3) is 4.68. The molecule has 2 N–H and O–H groups in total. The maximum atomic E-state index is 12.5. The van der Waals surface area contributed by atoms with Crippen molar-refractivity contribution in [3.05, 3.63) is 29.8 Å². The standard InChI is InChI=1S/C19H28N2O5S/c1-14(2)21(3)27(25,26)16-9-7-15(8-10-16)17(22)20-13-19(18(23)24)11-5-4-6-12-19/h7-10,14H,4-6,11-13H2,1-3H3,(H,20,22)(H,23,24). The van der Waals surface area contributed by atoms with Gasteiger partial charge in [-0.05, 0) is 51.0 Å². The van der Waals surface area contributed by atoms with Crippen molar-refractivity contribution >= 4 is 21.9 Å². The van der Waals surface area contributed by atoms with Gasteiger partial charge in [0.1, 0.15) is 0 Å². The summed E-state index contributed by atoms with van der Waals surface area (Å²) in [6.45, 7) is 3.64. The van der Waals surface area contributed by atoms with Crippen LogP contribution in [-0.2, 0) is 14.8 Å². The Morgan fingerprint density at radius 2 is 1.70 bits per heavy atom. The predicted octanol–water partition coefficient (Wildman–Crippen LogP) is 2.48. The molecule has 1 amide bonds. The van der Waals surface area contributed by atoms with Crippen molar-refractivity contribution in [1.29, 1.82) is 0 Å². The number of hydrogen-bond acceptors (Lipinski definition) is 4. The molecule has 1 aromatic rings. The molecule has 0 saturated heterocycles. The lowest BCUT2D eigenvalue weighted by molar-refractivity contribution is -0.150. The van der Waals surface area contributed by atoms with E-state index in [9.17, 15) is 23.1 Å². The average Bonchev–Trinajstić information content (AvgIpc) is 2.66. The number of amides is 1. The first kappa shape index (κ1) is 21.4. The molecule has 0 aliphatic heterocycles. The van der Waals surface area contributed by atoms with Crippen molar-refractivity contribution < 1.29 is 23.1 Å². The monoisotopic (exact) mass is 396 g/mol. The van der Waals surface area contributed by atoms with Gasteiger partial charge in [-0.3, -0.25) is 9.59 Å². The fourth-order valence-corrected chi connectivity index (χ4v) is 4.64. The van der Waals surface area contributed by atoms with Crippen LogP contribution in [0.15, 0.2) is 29.2 Å². The van der Waals surface area contributed by atoms with Gasteiger partial charge in [0.05, 0.1) is 10.3 Å². The number of carboxylic acid groups (broad SMARTS) is 1. The van der Waals surface area contributed by atoms with Crippen molar-refractivity contribution in [2.45, 2.75) is 56.9 Å². The maximum absolute atomic E-state index is 12.5. The van der Waals surface area contributed by atoms with Gasteiger partial charge in [-0.1, -0.05) is 19.3 Å². The SMILES string of the molecule is CC(C)N(C)S(=O)(=O)c1ccc(C(=O)NCC2(C(=O)O)CCCCC2)cc1. The topological polar surface area (TPSA) is 104 Å². The molecule has 0 aromatic heterocycles. The number of rotatable bonds is 7. The molecule has 150 valence electrons. The first-order chi connectivity index (χ1) is 12.6. The Morgan fingerprint density at radius 3 is 2.19 bits per heavy atom. The van der Waals surface area contributed by atoms with Crippen molar-refractivity contribution in [3.63, 3.8) is 0 Å². The number of carbonyl (C=O) groups excluding carboxylic acids is 1. The van der Waals surface area contributed by atoms with Gasteiger partial charge in [-0.25, -0.2) is 8.42 Å². The molecule has 2 rings (SSSR count). The van der Waals surface area contributed by atoms with Gasteiger partial charge in [-0.15, -0.1) is 0 Å². The van der Waals surface area contributed by atoms with Gasteiger partial charge < -0.3 is 10.4 Å². The second kappa shape index (κ2) is 8.39. The molecule has 1 aromatic carbocycles. The fourth-order valence-electron chi connectivity index (χ4n) is 3.27. The van der Waals surface area contributed by atoms with Gasteiger partial charge >= 0.3 is 5.97 Å². The number of carbonyl (C=O) groups is 2. The summed E-state index contributed by atoms with van der Waals surface area (Å²) in [6, 6.07) is 5.52. The number of nitrogens with zero attached hydrogens (tertiary/aromatic N) is 1. The summed E-state index contributed by atoms with van der Waals surface area (Å²) in [5.41, 5.74) is -0.602. The zero-order valence-electron chi connectivity index (χ0n) is 16.1. The van der Waals surface area contributed by atoms with Crippen molar-refractivity contribution in [2.24, 2.45) is 5.41 Å². The number of carboxylic acids is 1. The van der Waals surface area contributed by atoms with Gasteiger partial charge in [-0.2, -0.15) is 4.31 Å². The predicted molar refractivity (Wildman–Crippen MR) is 102 cm³/mol. The largest absolute Gasteiger partial charge is 0.481 e. The molecule has 7 nitrogen and oxygen atoms in total. The Kier molecular flexibility index (Phi) is 6.64. The Balaban J connectivity index is 2.08. The highest BCUT2D eigenvalue weighted by atomic mass is 32.2. The molecule has 0 heterocycles. The molecule has 1 saturated carbocycles. The molecule has 0 unspecified atom stereocenters. The Bertz CT molecular complexity index is 781. The summed E-state index contributed by atoms with van der Waals surface area (Å²) in [5, 5.41) is 12.3. The molecular weight excluding hydrogens is 368 g/mol. The van der Waals surface area contributed by atoms with Gasteiger partial charge in [0.25, 0.3) is 5.91 Å². The van der Waals surface area contributed by atoms with E-state index in [0.717, 1.165) is 19.3 Å². The van der Waals surface area contributed by atoms with E-state index in [1.165, 1.54) is 35.6 Å². The minimum atomic E-state index is -3.61. The molecule has 1 aliphatic carbocycles. The number of hydrogen-bond donors (Lipinski definition) is 2. The zero-order valence-corrected chi connectivity index (χ0v) is 16.9. The average molecular weight is 397 g/mol. The molecule has 0 atom stereocenters. The molecule has 0 radical (unpaired) electrons. The van der Waals surface area contributed by atoms with Crippen LogP contribution < -0.4 is 5.32 Å². The minimum absolute atomic E-state index is 0.0807. The van der Waals surface area contributed by atoms with E-state index in [-0.39, 0.29) is 17.5 Å². The molecule has 27 heavy (non-hydrogen) atoms. The molecule has 1 fully saturated rings. The second-order valence-corrected chi connectivity index (χ2v) is 9.47. The number of aliphatic carboxylic acids is 1. The normalized spacial score (nSPS) is 17.1. The lowest BCUT2D eigenvalue weighted by Crippen LogP contribution is -2.44. The maximum Gasteiger partial charge on any atom is 0.311 e. The third-order valence-electron chi connectivity index (χ3n) is 5.37. The highest BCUT2D eigenvalue weighted by molar-refractivity contribution is 7.89. The fraction of sp³-hybridized carbons (Fsp3) is 0.579. The lowest BCUT2D eigenvalue weighted by Gasteiger charge is -2.33. The van der Waals surface area contributed by atoms with Crippen molar-refractivity contribution in [2.75, 3.05) is 13.6 Å². The highest BCUT2D eigenvalue weighted by Crippen LogP contribution is 2.36. The summed E-state index contributed by atoms with van der Waals surface area (Å²) in [6.07, 6.45) is 3.82. The van der Waals surface area contributed by atoms with E-state index in [0.29, 0.717) is 18.4 Å². The molecule has 0 bridgehead atoms. The summed E-state index contributed by atoms with van der Waals surface area (Å²) >= 11 is 0. The van der Waals surface area contributed by atoms with Crippen LogP contribution in [0.5, 0.6) is 0 Å². The summed E-state index contributed by atoms with van der Waals surface area (Å²) in [7, 11) is -2.10. The summed E-state index contributed by atoms with van der Waals surface area (Å²) in [5.74, 6) is -1.27. The van der Waals surface area contributed by atoms with E-state index in [2.05, 4.69) is 5.32 Å². The van der Waals surface area contributed by atoms with Crippen molar-refractivity contribution in [1.82, 2.24) is 9.62 Å². The molecule has 1 aliphatic rings. The molecule has 8 heteroatoms. The Morgan fingerprint density at radius 1 is 1.15 bits per heavy atom. The van der Waals surface area contributed by atoms with Crippen LogP contribution in [0.2, 0.25) is 0 Å². The quantitative estimate of drug-likeness (QED) is 0.737. The number of sulfonamides is 1. The van der Waals surface area contributed by atoms with Gasteiger partial charge in [0.2, 0.25) is 10.0 Å². The van der Waals surface area contributed by atoms with Crippen LogP contribution in [0.3, 0.4) is 0 Å². The van der Waals surface area contributed by atoms with E-state index < -0.39 is 27.3 Å². The Labute approximate surface area is 160 Å². The lowest BCUT2D eigenvalue weighted by atomic mass is 9.74. The van der Waals surface area contributed by atoms with Crippen LogP contribution in [0.4, 0.5) is 0 Å². The van der Waals surface area contributed by atoms with Crippen LogP contribution in [0.25, 0.3) is 0 Å². The number of nitrogens with one attached hydrogen (secondary N) is 1. The highest BCUT2D eigenvalue weighted by Gasteiger charge is 2.39. The third-order valence-corrected chi connectivity index (χ3v) is 7.42. The second-order valence-electron chi connectivity index (χ2n) is 7.47. The zero-order chi connectivity index (χ0) is 20.2. The first-order valence-electron chi connectivity index (χ1n) is 9.20. The summed E-state index contributed by atoms with van der Waals surface area (Å²) in [4.78, 5) is 24.2. The molecule has 0 spiro atoms. The number of benzene rings is 1. The first-order valence-corrected chi connectivity index (χ1v) is 10.6. The summed E-state index contributed by atoms with van der Waals surface area (Å²) < 4.78 is 26.2. The van der Waals surface area contributed by atoms with E-state index >= 15 is 0 Å². The van der Waals surface area contributed by atoms with E-state index in [4.69, 9.17) is 0 Å².